The monoisotopic (exact) mass is 469 g/mol. The first kappa shape index (κ1) is 22.5. The number of benzene rings is 3. The van der Waals surface area contributed by atoms with Crippen LogP contribution in [-0.2, 0) is 13.0 Å². The number of ether oxygens (including phenoxy) is 3. The van der Waals surface area contributed by atoms with Gasteiger partial charge in [-0.05, 0) is 47.5 Å². The smallest absolute Gasteiger partial charge is 0.274 e. The molecule has 0 spiro atoms. The molecule has 0 saturated heterocycles. The lowest BCUT2D eigenvalue weighted by Gasteiger charge is -2.17. The van der Waals surface area contributed by atoms with E-state index in [1.165, 1.54) is 0 Å². The number of carbonyl (C=O) groups is 1. The molecule has 0 unspecified atom stereocenters. The minimum Gasteiger partial charge on any atom is -0.497 e. The van der Waals surface area contributed by atoms with Gasteiger partial charge in [-0.15, -0.1) is 0 Å². The van der Waals surface area contributed by atoms with Crippen molar-refractivity contribution in [3.8, 4) is 34.2 Å². The molecule has 0 bridgehead atoms. The number of methoxy groups -OCH3 is 3. The molecule has 0 atom stereocenters. The summed E-state index contributed by atoms with van der Waals surface area (Å²) in [5, 5.41) is 4.82. The lowest BCUT2D eigenvalue weighted by atomic mass is 10.1. The number of amides is 1. The zero-order valence-electron chi connectivity index (χ0n) is 20.2. The van der Waals surface area contributed by atoms with Crippen molar-refractivity contribution in [1.82, 2.24) is 14.7 Å². The van der Waals surface area contributed by atoms with E-state index in [1.807, 2.05) is 71.4 Å². The normalized spacial score (nSPS) is 11.5. The summed E-state index contributed by atoms with van der Waals surface area (Å²) in [7, 11) is 6.69. The topological polar surface area (TPSA) is 65.8 Å². The molecule has 7 heteroatoms. The van der Waals surface area contributed by atoms with E-state index in [9.17, 15) is 4.79 Å². The van der Waals surface area contributed by atoms with Gasteiger partial charge >= 0.3 is 0 Å². The molecule has 4 aromatic rings. The standard InChI is InChI=1S/C28H27N3O4/c1-30(17-18-10-12-21(33-2)13-11-18)28(32)26-23-14-19-15-24(34-3)25(35-4)16-22(19)27(23)31(29-26)20-8-6-5-7-9-20/h5-13,15-16H,14,17H2,1-4H3. The Morgan fingerprint density at radius 2 is 1.63 bits per heavy atom. The molecule has 178 valence electrons. The fourth-order valence-corrected chi connectivity index (χ4v) is 4.56. The number of aromatic nitrogens is 2. The average Bonchev–Trinajstić information content (AvgIpc) is 3.45. The second-order valence-electron chi connectivity index (χ2n) is 8.47. The molecule has 1 aliphatic rings. The third-order valence-corrected chi connectivity index (χ3v) is 6.34. The van der Waals surface area contributed by atoms with E-state index in [-0.39, 0.29) is 5.91 Å². The maximum Gasteiger partial charge on any atom is 0.274 e. The quantitative estimate of drug-likeness (QED) is 0.344. The van der Waals surface area contributed by atoms with Gasteiger partial charge in [-0.2, -0.15) is 5.10 Å². The summed E-state index contributed by atoms with van der Waals surface area (Å²) in [4.78, 5) is 15.3. The predicted octanol–water partition coefficient (Wildman–Crippen LogP) is 4.74. The molecule has 0 fully saturated rings. The van der Waals surface area contributed by atoms with Crippen molar-refractivity contribution < 1.29 is 19.0 Å². The number of hydrogen-bond acceptors (Lipinski definition) is 5. The van der Waals surface area contributed by atoms with Crippen molar-refractivity contribution in [2.24, 2.45) is 0 Å². The SMILES string of the molecule is COc1ccc(CN(C)C(=O)c2nn(-c3ccccc3)c3c2Cc2cc(OC)c(OC)cc2-3)cc1. The zero-order valence-corrected chi connectivity index (χ0v) is 20.2. The number of fused-ring (bicyclic) bond motifs is 3. The van der Waals surface area contributed by atoms with Crippen molar-refractivity contribution in [1.29, 1.82) is 0 Å². The summed E-state index contributed by atoms with van der Waals surface area (Å²) in [6, 6.07) is 21.5. The van der Waals surface area contributed by atoms with Crippen LogP contribution in [0.3, 0.4) is 0 Å². The first-order chi connectivity index (χ1) is 17.0. The average molecular weight is 470 g/mol. The van der Waals surface area contributed by atoms with Crippen molar-refractivity contribution in [3.05, 3.63) is 89.1 Å². The van der Waals surface area contributed by atoms with Gasteiger partial charge in [0.2, 0.25) is 0 Å². The van der Waals surface area contributed by atoms with Crippen molar-refractivity contribution in [2.75, 3.05) is 28.4 Å². The van der Waals surface area contributed by atoms with E-state index in [0.717, 1.165) is 39.4 Å². The molecule has 35 heavy (non-hydrogen) atoms. The van der Waals surface area contributed by atoms with E-state index in [4.69, 9.17) is 19.3 Å². The van der Waals surface area contributed by atoms with Crippen LogP contribution in [0.4, 0.5) is 0 Å². The summed E-state index contributed by atoms with van der Waals surface area (Å²) in [5.74, 6) is 1.97. The van der Waals surface area contributed by atoms with Crippen molar-refractivity contribution in [2.45, 2.75) is 13.0 Å². The van der Waals surface area contributed by atoms with Gasteiger partial charge in [-0.1, -0.05) is 30.3 Å². The van der Waals surface area contributed by atoms with E-state index in [0.29, 0.717) is 30.2 Å². The molecule has 0 radical (unpaired) electrons. The van der Waals surface area contributed by atoms with Crippen LogP contribution in [0, 0.1) is 0 Å². The van der Waals surface area contributed by atoms with Crippen LogP contribution in [0.15, 0.2) is 66.7 Å². The summed E-state index contributed by atoms with van der Waals surface area (Å²) >= 11 is 0. The van der Waals surface area contributed by atoms with E-state index in [2.05, 4.69) is 0 Å². The molecule has 0 saturated carbocycles. The van der Waals surface area contributed by atoms with Gasteiger partial charge in [0.05, 0.1) is 32.7 Å². The highest BCUT2D eigenvalue weighted by atomic mass is 16.5. The van der Waals surface area contributed by atoms with Crippen LogP contribution in [-0.4, -0.2) is 49.0 Å². The van der Waals surface area contributed by atoms with Crippen LogP contribution < -0.4 is 14.2 Å². The highest BCUT2D eigenvalue weighted by Gasteiger charge is 2.33. The second kappa shape index (κ2) is 9.18. The lowest BCUT2D eigenvalue weighted by Crippen LogP contribution is -2.27. The first-order valence-corrected chi connectivity index (χ1v) is 11.3. The van der Waals surface area contributed by atoms with Gasteiger partial charge in [0.25, 0.3) is 5.91 Å². The number of para-hydroxylation sites is 1. The maximum absolute atomic E-state index is 13.6. The Bertz CT molecular complexity index is 1380. The minimum absolute atomic E-state index is 0.126. The Kier molecular flexibility index (Phi) is 5.91. The Hall–Kier alpha value is -4.26. The predicted molar refractivity (Wildman–Crippen MR) is 134 cm³/mol. The Balaban J connectivity index is 1.56. The van der Waals surface area contributed by atoms with E-state index < -0.39 is 0 Å². The highest BCUT2D eigenvalue weighted by Crippen LogP contribution is 2.45. The summed E-state index contributed by atoms with van der Waals surface area (Å²) in [6.45, 7) is 0.463. The molecule has 0 N–H and O–H groups in total. The van der Waals surface area contributed by atoms with Gasteiger partial charge in [0.15, 0.2) is 17.2 Å². The summed E-state index contributed by atoms with van der Waals surface area (Å²) < 4.78 is 18.2. The molecular formula is C28H27N3O4. The lowest BCUT2D eigenvalue weighted by molar-refractivity contribution is 0.0778. The van der Waals surface area contributed by atoms with Gasteiger partial charge in [-0.3, -0.25) is 4.79 Å². The molecule has 1 amide bonds. The molecule has 1 aliphatic carbocycles. The molecule has 7 nitrogen and oxygen atoms in total. The zero-order chi connectivity index (χ0) is 24.5. The van der Waals surface area contributed by atoms with E-state index >= 15 is 0 Å². The fraction of sp³-hybridized carbons (Fsp3) is 0.214. The maximum atomic E-state index is 13.6. The van der Waals surface area contributed by atoms with Crippen LogP contribution in [0.25, 0.3) is 16.9 Å². The number of hydrogen-bond donors (Lipinski definition) is 0. The molecule has 5 rings (SSSR count). The number of carbonyl (C=O) groups excluding carboxylic acids is 1. The Labute approximate surface area is 204 Å². The van der Waals surface area contributed by atoms with Gasteiger partial charge in [0, 0.05) is 31.1 Å². The van der Waals surface area contributed by atoms with Crippen LogP contribution in [0.1, 0.15) is 27.2 Å². The van der Waals surface area contributed by atoms with E-state index in [1.54, 1.807) is 33.3 Å². The van der Waals surface area contributed by atoms with Gasteiger partial charge in [-0.25, -0.2) is 4.68 Å². The Morgan fingerprint density at radius 1 is 0.943 bits per heavy atom. The molecular weight excluding hydrogens is 442 g/mol. The molecule has 1 aromatic heterocycles. The molecule has 1 heterocycles. The van der Waals surface area contributed by atoms with Crippen molar-refractivity contribution >= 4 is 5.91 Å². The van der Waals surface area contributed by atoms with Crippen molar-refractivity contribution in [3.63, 3.8) is 0 Å². The van der Waals surface area contributed by atoms with Gasteiger partial charge < -0.3 is 19.1 Å². The van der Waals surface area contributed by atoms with Crippen LogP contribution in [0.5, 0.6) is 17.2 Å². The van der Waals surface area contributed by atoms with Gasteiger partial charge in [0.1, 0.15) is 5.75 Å². The van der Waals surface area contributed by atoms with Crippen LogP contribution in [0.2, 0.25) is 0 Å². The Morgan fingerprint density at radius 3 is 2.29 bits per heavy atom. The number of nitrogens with zero attached hydrogens (tertiary/aromatic N) is 3. The third-order valence-electron chi connectivity index (χ3n) is 6.34. The largest absolute Gasteiger partial charge is 0.497 e. The molecule has 3 aromatic carbocycles. The third kappa shape index (κ3) is 3.99. The second-order valence-corrected chi connectivity index (χ2v) is 8.47. The highest BCUT2D eigenvalue weighted by molar-refractivity contribution is 5.97. The molecule has 0 aliphatic heterocycles. The number of rotatable bonds is 7. The minimum atomic E-state index is -0.126. The summed E-state index contributed by atoms with van der Waals surface area (Å²) in [6.07, 6.45) is 0.593. The van der Waals surface area contributed by atoms with Crippen LogP contribution >= 0.6 is 0 Å². The summed E-state index contributed by atoms with van der Waals surface area (Å²) in [5.41, 5.74) is 6.24. The fourth-order valence-electron chi connectivity index (χ4n) is 4.56. The first-order valence-electron chi connectivity index (χ1n) is 11.3.